The molecule has 0 radical (unpaired) electrons. The Labute approximate surface area is 64.8 Å². The third kappa shape index (κ3) is 1.82. The van der Waals surface area contributed by atoms with E-state index in [1.54, 1.807) is 0 Å². The standard InChI is InChI=1S/C3F8O2/c4-1(5,2(6,7)8)3(9,12-10)13-11. The largest absolute Gasteiger partial charge is 0.462 e. The molecule has 0 aliphatic rings. The molecule has 0 bridgehead atoms. The number of hydrogen-bond acceptors (Lipinski definition) is 2. The summed E-state index contributed by atoms with van der Waals surface area (Å²) in [5.41, 5.74) is 0. The van der Waals surface area contributed by atoms with E-state index < -0.39 is 18.1 Å². The highest BCUT2D eigenvalue weighted by atomic mass is 19.4. The molecule has 10 heteroatoms. The van der Waals surface area contributed by atoms with Crippen LogP contribution in [0.25, 0.3) is 0 Å². The summed E-state index contributed by atoms with van der Waals surface area (Å²) in [5, 5.41) is 0. The van der Waals surface area contributed by atoms with Crippen LogP contribution in [0.4, 0.5) is 35.4 Å². The lowest BCUT2D eigenvalue weighted by Gasteiger charge is -2.26. The molecule has 0 aliphatic heterocycles. The Morgan fingerprint density at radius 2 is 1.00 bits per heavy atom. The second-order valence-corrected chi connectivity index (χ2v) is 1.76. The maximum absolute atomic E-state index is 11.9. The molecule has 0 unspecified atom stereocenters. The van der Waals surface area contributed by atoms with Crippen LogP contribution in [-0.2, 0) is 9.88 Å². The molecule has 0 aliphatic carbocycles. The van der Waals surface area contributed by atoms with Gasteiger partial charge in [-0.2, -0.15) is 26.3 Å². The van der Waals surface area contributed by atoms with Crippen LogP contribution in [-0.4, -0.2) is 18.1 Å². The smallest absolute Gasteiger partial charge is 0.186 e. The molecular formula is C3F8O2. The van der Waals surface area contributed by atoms with Crippen molar-refractivity contribution in [2.45, 2.75) is 18.1 Å². The lowest BCUT2D eigenvalue weighted by atomic mass is 10.3. The van der Waals surface area contributed by atoms with Crippen LogP contribution >= 0.6 is 0 Å². The van der Waals surface area contributed by atoms with E-state index in [1.165, 1.54) is 9.88 Å². The summed E-state index contributed by atoms with van der Waals surface area (Å²) in [4.78, 5) is 2.89. The molecule has 0 aromatic carbocycles. The van der Waals surface area contributed by atoms with Crippen molar-refractivity contribution in [2.75, 3.05) is 0 Å². The molecular weight excluding hydrogens is 220 g/mol. The van der Waals surface area contributed by atoms with Crippen LogP contribution in [0.1, 0.15) is 0 Å². The van der Waals surface area contributed by atoms with Crippen LogP contribution in [0.2, 0.25) is 0 Å². The van der Waals surface area contributed by atoms with Gasteiger partial charge in [-0.05, 0) is 9.05 Å². The van der Waals surface area contributed by atoms with E-state index in [2.05, 4.69) is 0 Å². The van der Waals surface area contributed by atoms with Crippen LogP contribution in [0, 0.1) is 0 Å². The van der Waals surface area contributed by atoms with Gasteiger partial charge in [0.25, 0.3) is 0 Å². The molecule has 0 saturated carbocycles. The fraction of sp³-hybridized carbons (Fsp3) is 1.00. The molecule has 0 aromatic heterocycles. The molecule has 0 fully saturated rings. The van der Waals surface area contributed by atoms with Gasteiger partial charge in [-0.3, -0.25) is 0 Å². The van der Waals surface area contributed by atoms with Gasteiger partial charge in [-0.1, -0.05) is 0 Å². The average Bonchev–Trinajstić information content (AvgIpc) is 2.00. The Hall–Kier alpha value is -0.640. The van der Waals surface area contributed by atoms with Crippen molar-refractivity contribution >= 4 is 0 Å². The molecule has 0 rings (SSSR count). The first-order valence-corrected chi connectivity index (χ1v) is 2.35. The number of halogens is 8. The quantitative estimate of drug-likeness (QED) is 0.537. The van der Waals surface area contributed by atoms with Crippen molar-refractivity contribution < 1.29 is 45.3 Å². The van der Waals surface area contributed by atoms with Crippen LogP contribution in [0.3, 0.4) is 0 Å². The molecule has 13 heavy (non-hydrogen) atoms. The first kappa shape index (κ1) is 12.4. The third-order valence-electron chi connectivity index (χ3n) is 0.930. The molecule has 0 spiro atoms. The first-order chi connectivity index (χ1) is 5.62. The van der Waals surface area contributed by atoms with Gasteiger partial charge in [0.05, 0.1) is 0 Å². The van der Waals surface area contributed by atoms with E-state index >= 15 is 0 Å². The minimum absolute atomic E-state index is 1.44. The van der Waals surface area contributed by atoms with Gasteiger partial charge >= 0.3 is 18.1 Å². The lowest BCUT2D eigenvalue weighted by molar-refractivity contribution is -0.544. The molecule has 0 heterocycles. The van der Waals surface area contributed by atoms with Gasteiger partial charge in [0.15, 0.2) is 0 Å². The predicted octanol–water partition coefficient (Wildman–Crippen LogP) is 2.61. The Morgan fingerprint density at radius 1 is 0.692 bits per heavy atom. The van der Waals surface area contributed by atoms with Gasteiger partial charge < -0.3 is 0 Å². The summed E-state index contributed by atoms with van der Waals surface area (Å²) in [6.07, 6.45) is -6.56. The van der Waals surface area contributed by atoms with Gasteiger partial charge in [0.2, 0.25) is 0 Å². The highest BCUT2D eigenvalue weighted by Crippen LogP contribution is 2.46. The predicted molar refractivity (Wildman–Crippen MR) is 19.2 cm³/mol. The van der Waals surface area contributed by atoms with Crippen molar-refractivity contribution in [3.8, 4) is 0 Å². The zero-order chi connectivity index (χ0) is 10.9. The first-order valence-electron chi connectivity index (χ1n) is 2.35. The molecule has 0 amide bonds. The zero-order valence-corrected chi connectivity index (χ0v) is 5.34. The Bertz CT molecular complexity index is 171. The van der Waals surface area contributed by atoms with Crippen LogP contribution in [0.5, 0.6) is 0 Å². The second-order valence-electron chi connectivity index (χ2n) is 1.76. The molecule has 0 saturated heterocycles. The molecule has 0 aromatic rings. The van der Waals surface area contributed by atoms with E-state index in [4.69, 9.17) is 0 Å². The van der Waals surface area contributed by atoms with Crippen molar-refractivity contribution in [3.05, 3.63) is 0 Å². The summed E-state index contributed by atoms with van der Waals surface area (Å²) < 4.78 is 90.7. The molecule has 2 nitrogen and oxygen atoms in total. The minimum atomic E-state index is -6.56. The minimum Gasteiger partial charge on any atom is -0.186 e. The zero-order valence-electron chi connectivity index (χ0n) is 5.34. The summed E-state index contributed by atoms with van der Waals surface area (Å²) >= 11 is 0. The van der Waals surface area contributed by atoms with E-state index in [9.17, 15) is 35.4 Å². The maximum Gasteiger partial charge on any atom is 0.462 e. The van der Waals surface area contributed by atoms with Gasteiger partial charge in [0.1, 0.15) is 0 Å². The summed E-state index contributed by atoms with van der Waals surface area (Å²) in [7, 11) is 0. The van der Waals surface area contributed by atoms with E-state index in [0.717, 1.165) is 0 Å². The van der Waals surface area contributed by atoms with Crippen molar-refractivity contribution in [1.29, 1.82) is 0 Å². The highest BCUT2D eigenvalue weighted by molar-refractivity contribution is 4.84. The summed E-state index contributed by atoms with van der Waals surface area (Å²) in [6, 6.07) is -5.83. The molecule has 0 atom stereocenters. The van der Waals surface area contributed by atoms with Crippen LogP contribution in [0.15, 0.2) is 0 Å². The third-order valence-corrected chi connectivity index (χ3v) is 0.930. The van der Waals surface area contributed by atoms with Crippen molar-refractivity contribution in [1.82, 2.24) is 0 Å². The fourth-order valence-corrected chi connectivity index (χ4v) is 0.278. The Morgan fingerprint density at radius 3 is 1.08 bits per heavy atom. The average molecular weight is 220 g/mol. The maximum atomic E-state index is 11.9. The molecule has 80 valence electrons. The van der Waals surface area contributed by atoms with Crippen molar-refractivity contribution in [2.24, 2.45) is 0 Å². The lowest BCUT2D eigenvalue weighted by Crippen LogP contribution is -2.55. The summed E-state index contributed by atoms with van der Waals surface area (Å²) in [5.74, 6) is -6.47. The SMILES string of the molecule is FOC(F)(OF)C(F)(F)C(F)(F)F. The Balaban J connectivity index is 5.00. The van der Waals surface area contributed by atoms with Gasteiger partial charge in [-0.15, -0.1) is 9.88 Å². The van der Waals surface area contributed by atoms with E-state index in [-0.39, 0.29) is 0 Å². The highest BCUT2D eigenvalue weighted by Gasteiger charge is 2.76. The van der Waals surface area contributed by atoms with Crippen molar-refractivity contribution in [3.63, 3.8) is 0 Å². The topological polar surface area (TPSA) is 18.5 Å². The number of hydrogen-bond donors (Lipinski definition) is 0. The molecule has 0 N–H and O–H groups in total. The Kier molecular flexibility index (Phi) is 3.09. The van der Waals surface area contributed by atoms with Gasteiger partial charge in [-0.25, -0.2) is 0 Å². The van der Waals surface area contributed by atoms with Gasteiger partial charge in [0, 0.05) is 0 Å². The monoisotopic (exact) mass is 220 g/mol. The van der Waals surface area contributed by atoms with E-state index in [0.29, 0.717) is 0 Å². The van der Waals surface area contributed by atoms with E-state index in [1.807, 2.05) is 0 Å². The second kappa shape index (κ2) is 3.25. The fourth-order valence-electron chi connectivity index (χ4n) is 0.278. The number of alkyl halides is 6. The normalized spacial score (nSPS) is 14.8. The number of rotatable bonds is 3. The van der Waals surface area contributed by atoms with Crippen LogP contribution < -0.4 is 0 Å². The summed E-state index contributed by atoms with van der Waals surface area (Å²) in [6.45, 7) is 0.